The predicted molar refractivity (Wildman–Crippen MR) is 108 cm³/mol. The van der Waals surface area contributed by atoms with Gasteiger partial charge in [0.25, 0.3) is 0 Å². The Morgan fingerprint density at radius 2 is 2.03 bits per heavy atom. The summed E-state index contributed by atoms with van der Waals surface area (Å²) in [6, 6.07) is 10.2. The van der Waals surface area contributed by atoms with Gasteiger partial charge in [-0.25, -0.2) is 31.2 Å². The number of hydrogen-bond acceptors (Lipinski definition) is 7. The molecule has 0 saturated carbocycles. The van der Waals surface area contributed by atoms with Gasteiger partial charge >= 0.3 is 6.03 Å². The van der Waals surface area contributed by atoms with Crippen molar-refractivity contribution in [2.24, 2.45) is 11.7 Å². The van der Waals surface area contributed by atoms with Gasteiger partial charge in [0.2, 0.25) is 11.8 Å². The molecule has 2 heterocycles. The summed E-state index contributed by atoms with van der Waals surface area (Å²) < 4.78 is 12.8. The van der Waals surface area contributed by atoms with Crippen LogP contribution in [0.15, 0.2) is 42.6 Å². The van der Waals surface area contributed by atoms with Crippen LogP contribution in [0.3, 0.4) is 0 Å². The number of anilines is 1. The molecule has 29 heavy (non-hydrogen) atoms. The van der Waals surface area contributed by atoms with Gasteiger partial charge < -0.3 is 9.47 Å². The van der Waals surface area contributed by atoms with Crippen LogP contribution in [-0.4, -0.2) is 27.9 Å². The first kappa shape index (κ1) is 20.1. The Labute approximate surface area is 168 Å². The summed E-state index contributed by atoms with van der Waals surface area (Å²) in [4.78, 5) is 16.1. The maximum atomic E-state index is 11.8. The predicted octanol–water partition coefficient (Wildman–Crippen LogP) is 1.74. The molecule has 0 saturated heterocycles. The molecule has 1 aromatic carbocycles. The summed E-state index contributed by atoms with van der Waals surface area (Å²) >= 11 is 0. The topological polar surface area (TPSA) is 134 Å². The molecule has 0 aliphatic heterocycles. The van der Waals surface area contributed by atoms with Crippen LogP contribution < -0.4 is 31.6 Å². The minimum absolute atomic E-state index is 0.161. The highest BCUT2D eigenvalue weighted by molar-refractivity contribution is 5.91. The number of nitrogens with zero attached hydrogens (tertiary/aromatic N) is 4. The Kier molecular flexibility index (Phi) is 5.96. The lowest BCUT2D eigenvalue weighted by Crippen LogP contribution is -2.48. The number of hydrazine groups is 2. The first-order valence-electron chi connectivity index (χ1n) is 8.79. The zero-order valence-electron chi connectivity index (χ0n) is 16.4. The van der Waals surface area contributed by atoms with E-state index in [1.54, 1.807) is 36.2 Å². The van der Waals surface area contributed by atoms with E-state index in [4.69, 9.17) is 21.2 Å². The van der Waals surface area contributed by atoms with Gasteiger partial charge in [0.15, 0.2) is 0 Å². The van der Waals surface area contributed by atoms with E-state index in [-0.39, 0.29) is 6.61 Å². The molecular formula is C19H23N7O3. The summed E-state index contributed by atoms with van der Waals surface area (Å²) in [6.07, 6.45) is 1.75. The highest BCUT2D eigenvalue weighted by Gasteiger charge is 2.17. The molecule has 0 atom stereocenters. The SMILES string of the molecule is COc1nc(C)ccc1-n1ccc(OCc2c(C)cccc2N(N)C(=O)NN)n1. The number of nitrogens with one attached hydrogen (secondary N) is 1. The normalized spacial score (nSPS) is 10.5. The number of pyridine rings is 1. The van der Waals surface area contributed by atoms with Crippen molar-refractivity contribution >= 4 is 11.7 Å². The van der Waals surface area contributed by atoms with Crippen LogP contribution in [-0.2, 0) is 6.61 Å². The van der Waals surface area contributed by atoms with E-state index < -0.39 is 6.03 Å². The second-order valence-corrected chi connectivity index (χ2v) is 6.26. The zero-order valence-corrected chi connectivity index (χ0v) is 16.4. The summed E-state index contributed by atoms with van der Waals surface area (Å²) in [6.45, 7) is 3.95. The fraction of sp³-hybridized carbons (Fsp3) is 0.211. The average Bonchev–Trinajstić information content (AvgIpc) is 3.20. The largest absolute Gasteiger partial charge is 0.479 e. The molecule has 10 heteroatoms. The molecule has 0 fully saturated rings. The molecule has 3 rings (SSSR count). The fourth-order valence-electron chi connectivity index (χ4n) is 2.79. The van der Waals surface area contributed by atoms with Gasteiger partial charge in [0.1, 0.15) is 12.3 Å². The van der Waals surface area contributed by atoms with Crippen LogP contribution in [0.1, 0.15) is 16.8 Å². The number of carbonyl (C=O) groups is 1. The maximum Gasteiger partial charge on any atom is 0.350 e. The van der Waals surface area contributed by atoms with Crippen LogP contribution in [0.25, 0.3) is 5.69 Å². The van der Waals surface area contributed by atoms with Gasteiger partial charge in [-0.2, -0.15) is 0 Å². The van der Waals surface area contributed by atoms with E-state index in [0.717, 1.165) is 21.8 Å². The first-order valence-corrected chi connectivity index (χ1v) is 8.79. The molecule has 0 unspecified atom stereocenters. The summed E-state index contributed by atoms with van der Waals surface area (Å²) in [5, 5.41) is 5.36. The Morgan fingerprint density at radius 3 is 2.76 bits per heavy atom. The van der Waals surface area contributed by atoms with Crippen molar-refractivity contribution in [2.45, 2.75) is 20.5 Å². The lowest BCUT2D eigenvalue weighted by atomic mass is 10.1. The van der Waals surface area contributed by atoms with E-state index in [1.165, 1.54) is 0 Å². The Hall–Kier alpha value is -3.63. The molecule has 0 spiro atoms. The quantitative estimate of drug-likeness (QED) is 0.328. The summed E-state index contributed by atoms with van der Waals surface area (Å²) in [5.41, 5.74) is 5.67. The molecule has 0 radical (unpaired) electrons. The van der Waals surface area contributed by atoms with Gasteiger partial charge in [-0.3, -0.25) is 5.43 Å². The number of aromatic nitrogens is 3. The lowest BCUT2D eigenvalue weighted by molar-refractivity contribution is 0.246. The fourth-order valence-corrected chi connectivity index (χ4v) is 2.79. The number of methoxy groups -OCH3 is 1. The van der Waals surface area contributed by atoms with Crippen molar-refractivity contribution in [3.05, 3.63) is 59.4 Å². The van der Waals surface area contributed by atoms with Crippen molar-refractivity contribution in [3.63, 3.8) is 0 Å². The van der Waals surface area contributed by atoms with E-state index in [1.807, 2.05) is 37.5 Å². The number of carbonyl (C=O) groups excluding carboxylic acids is 1. The standard InChI is InChI=1S/C19H23N7O3/c1-12-5-4-6-15(26(21)19(27)23-20)14(12)11-29-17-9-10-25(24-17)16-8-7-13(2)22-18(16)28-3/h4-10H,11,20-21H2,1-3H3,(H,23,27). The molecule has 5 N–H and O–H groups in total. The Bertz CT molecular complexity index is 1020. The number of aryl methyl sites for hydroxylation is 2. The smallest absolute Gasteiger partial charge is 0.350 e. The van der Waals surface area contributed by atoms with Crippen LogP contribution in [0.5, 0.6) is 11.8 Å². The Morgan fingerprint density at radius 1 is 1.24 bits per heavy atom. The molecular weight excluding hydrogens is 374 g/mol. The number of rotatable bonds is 6. The van der Waals surface area contributed by atoms with Gasteiger partial charge in [0.05, 0.1) is 12.8 Å². The third kappa shape index (κ3) is 4.28. The average molecular weight is 397 g/mol. The van der Waals surface area contributed by atoms with E-state index >= 15 is 0 Å². The molecule has 2 amide bonds. The third-order valence-electron chi connectivity index (χ3n) is 4.34. The third-order valence-corrected chi connectivity index (χ3v) is 4.34. The Balaban J connectivity index is 1.81. The van der Waals surface area contributed by atoms with Crippen LogP contribution >= 0.6 is 0 Å². The second kappa shape index (κ2) is 8.59. The van der Waals surface area contributed by atoms with E-state index in [9.17, 15) is 4.79 Å². The van der Waals surface area contributed by atoms with Crippen LogP contribution in [0, 0.1) is 13.8 Å². The van der Waals surface area contributed by atoms with Crippen LogP contribution in [0.2, 0.25) is 0 Å². The van der Waals surface area contributed by atoms with Gasteiger partial charge in [-0.1, -0.05) is 12.1 Å². The van der Waals surface area contributed by atoms with Crippen molar-refractivity contribution in [2.75, 3.05) is 12.1 Å². The summed E-state index contributed by atoms with van der Waals surface area (Å²) in [7, 11) is 1.56. The number of amides is 2. The van der Waals surface area contributed by atoms with Gasteiger partial charge in [-0.15, -0.1) is 5.10 Å². The van der Waals surface area contributed by atoms with E-state index in [2.05, 4.69) is 10.1 Å². The minimum Gasteiger partial charge on any atom is -0.479 e. The molecule has 0 aliphatic rings. The molecule has 0 bridgehead atoms. The number of benzene rings is 1. The first-order chi connectivity index (χ1) is 13.9. The number of nitrogens with two attached hydrogens (primary N) is 2. The van der Waals surface area contributed by atoms with Crippen molar-refractivity contribution < 1.29 is 14.3 Å². The molecule has 10 nitrogen and oxygen atoms in total. The molecule has 152 valence electrons. The van der Waals surface area contributed by atoms with Gasteiger partial charge in [0, 0.05) is 23.5 Å². The minimum atomic E-state index is -0.639. The number of ether oxygens (including phenoxy) is 2. The highest BCUT2D eigenvalue weighted by Crippen LogP contribution is 2.25. The van der Waals surface area contributed by atoms with Crippen molar-refractivity contribution in [3.8, 4) is 17.4 Å². The molecule has 2 aromatic heterocycles. The lowest BCUT2D eigenvalue weighted by Gasteiger charge is -2.20. The monoisotopic (exact) mass is 397 g/mol. The van der Waals surface area contributed by atoms with Crippen LogP contribution in [0.4, 0.5) is 10.5 Å². The van der Waals surface area contributed by atoms with E-state index in [0.29, 0.717) is 23.1 Å². The number of urea groups is 1. The highest BCUT2D eigenvalue weighted by atomic mass is 16.5. The molecule has 3 aromatic rings. The van der Waals surface area contributed by atoms with Gasteiger partial charge in [-0.05, 0) is 37.6 Å². The van der Waals surface area contributed by atoms with Crippen molar-refractivity contribution in [1.29, 1.82) is 0 Å². The maximum absolute atomic E-state index is 11.8. The van der Waals surface area contributed by atoms with Crippen molar-refractivity contribution in [1.82, 2.24) is 20.2 Å². The zero-order chi connectivity index (χ0) is 21.0. The number of hydrogen-bond donors (Lipinski definition) is 3. The summed E-state index contributed by atoms with van der Waals surface area (Å²) in [5.74, 6) is 11.9. The molecule has 0 aliphatic carbocycles. The second-order valence-electron chi connectivity index (χ2n) is 6.26.